The molecule has 23 heavy (non-hydrogen) atoms. The van der Waals surface area contributed by atoms with Crippen molar-refractivity contribution >= 4 is 5.91 Å². The van der Waals surface area contributed by atoms with Crippen LogP contribution in [0.1, 0.15) is 23.2 Å². The Balaban J connectivity index is 1.87. The van der Waals surface area contributed by atoms with Gasteiger partial charge in [0.1, 0.15) is 0 Å². The van der Waals surface area contributed by atoms with Gasteiger partial charge in [-0.1, -0.05) is 42.5 Å². The van der Waals surface area contributed by atoms with Crippen molar-refractivity contribution in [1.82, 2.24) is 15.1 Å². The van der Waals surface area contributed by atoms with Crippen LogP contribution in [-0.2, 0) is 0 Å². The number of hydrogen-bond acceptors (Lipinski definition) is 2. The number of nitrogens with one attached hydrogen (secondary N) is 1. The molecular formula is C19H17N3O. The lowest BCUT2D eigenvalue weighted by atomic mass is 9.99. The van der Waals surface area contributed by atoms with Gasteiger partial charge in [-0.3, -0.25) is 4.79 Å². The number of para-hydroxylation sites is 1. The van der Waals surface area contributed by atoms with Gasteiger partial charge in [0.25, 0.3) is 5.91 Å². The molecule has 1 amide bonds. The molecule has 0 aliphatic heterocycles. The van der Waals surface area contributed by atoms with Crippen molar-refractivity contribution in [3.8, 4) is 16.8 Å². The quantitative estimate of drug-likeness (QED) is 0.802. The molecule has 3 aromatic rings. The van der Waals surface area contributed by atoms with Crippen molar-refractivity contribution in [3.05, 3.63) is 72.6 Å². The molecule has 0 bridgehead atoms. The van der Waals surface area contributed by atoms with E-state index in [9.17, 15) is 4.79 Å². The normalized spacial score (nSPS) is 13.7. The van der Waals surface area contributed by atoms with Crippen LogP contribution < -0.4 is 5.32 Å². The Hall–Kier alpha value is -2.88. The molecule has 1 saturated carbocycles. The van der Waals surface area contributed by atoms with Crippen molar-refractivity contribution in [1.29, 1.82) is 0 Å². The molecule has 1 aliphatic carbocycles. The van der Waals surface area contributed by atoms with E-state index in [0.29, 0.717) is 11.6 Å². The maximum Gasteiger partial charge on any atom is 0.253 e. The van der Waals surface area contributed by atoms with Gasteiger partial charge in [-0.2, -0.15) is 5.10 Å². The fourth-order valence-electron chi connectivity index (χ4n) is 2.72. The molecule has 1 aliphatic rings. The van der Waals surface area contributed by atoms with E-state index in [1.165, 1.54) is 0 Å². The third kappa shape index (κ3) is 2.75. The second-order valence-electron chi connectivity index (χ2n) is 5.77. The van der Waals surface area contributed by atoms with Crippen LogP contribution >= 0.6 is 0 Å². The molecule has 1 aromatic heterocycles. The lowest BCUT2D eigenvalue weighted by Crippen LogP contribution is -2.26. The number of carbonyl (C=O) groups excluding carboxylic acids is 1. The summed E-state index contributed by atoms with van der Waals surface area (Å²) in [6, 6.07) is 18.1. The van der Waals surface area contributed by atoms with Crippen LogP contribution in [0.4, 0.5) is 0 Å². The van der Waals surface area contributed by atoms with Crippen LogP contribution in [0.5, 0.6) is 0 Å². The van der Waals surface area contributed by atoms with E-state index in [0.717, 1.165) is 29.7 Å². The molecule has 1 heterocycles. The van der Waals surface area contributed by atoms with Gasteiger partial charge in [-0.25, -0.2) is 4.68 Å². The van der Waals surface area contributed by atoms with Gasteiger partial charge in [0.2, 0.25) is 0 Å². The predicted octanol–water partition coefficient (Wildman–Crippen LogP) is 3.43. The predicted molar refractivity (Wildman–Crippen MR) is 89.5 cm³/mol. The van der Waals surface area contributed by atoms with Gasteiger partial charge in [0.05, 0.1) is 11.3 Å². The average molecular weight is 303 g/mol. The van der Waals surface area contributed by atoms with E-state index in [-0.39, 0.29) is 5.91 Å². The van der Waals surface area contributed by atoms with Gasteiger partial charge >= 0.3 is 0 Å². The number of benzene rings is 2. The minimum absolute atomic E-state index is 0.0317. The highest BCUT2D eigenvalue weighted by atomic mass is 16.1. The van der Waals surface area contributed by atoms with Gasteiger partial charge in [0, 0.05) is 24.0 Å². The van der Waals surface area contributed by atoms with E-state index >= 15 is 0 Å². The van der Waals surface area contributed by atoms with Crippen LogP contribution in [0.2, 0.25) is 0 Å². The molecule has 0 radical (unpaired) electrons. The van der Waals surface area contributed by atoms with Gasteiger partial charge in [-0.05, 0) is 30.5 Å². The molecule has 4 rings (SSSR count). The summed E-state index contributed by atoms with van der Waals surface area (Å²) in [5, 5.41) is 7.42. The zero-order valence-corrected chi connectivity index (χ0v) is 12.6. The van der Waals surface area contributed by atoms with Gasteiger partial charge < -0.3 is 5.32 Å². The first-order valence-corrected chi connectivity index (χ1v) is 7.82. The largest absolute Gasteiger partial charge is 0.349 e. The maximum atomic E-state index is 12.6. The average Bonchev–Trinajstić information content (AvgIpc) is 3.24. The highest BCUT2D eigenvalue weighted by Crippen LogP contribution is 2.30. The zero-order valence-electron chi connectivity index (χ0n) is 12.6. The standard InChI is InChI=1S/C19H17N3O/c23-19(21-15-10-11-15)17-9-4-8-16(14-6-2-1-3-7-14)18(17)22-13-5-12-20-22/h1-9,12-13,15H,10-11H2,(H,21,23). The number of nitrogens with zero attached hydrogens (tertiary/aromatic N) is 2. The van der Waals surface area contributed by atoms with E-state index < -0.39 is 0 Å². The Bertz CT molecular complexity index is 821. The molecule has 1 N–H and O–H groups in total. The van der Waals surface area contributed by atoms with Crippen molar-refractivity contribution in [2.75, 3.05) is 0 Å². The molecule has 0 spiro atoms. The summed E-state index contributed by atoms with van der Waals surface area (Å²) < 4.78 is 1.77. The lowest BCUT2D eigenvalue weighted by molar-refractivity contribution is 0.0951. The molecule has 0 atom stereocenters. The molecule has 4 heteroatoms. The maximum absolute atomic E-state index is 12.6. The first kappa shape index (κ1) is 13.8. The fraction of sp³-hybridized carbons (Fsp3) is 0.158. The number of hydrogen-bond donors (Lipinski definition) is 1. The minimum atomic E-state index is -0.0317. The van der Waals surface area contributed by atoms with E-state index in [1.54, 1.807) is 10.9 Å². The van der Waals surface area contributed by atoms with Crippen molar-refractivity contribution in [2.45, 2.75) is 18.9 Å². The van der Waals surface area contributed by atoms with Crippen LogP contribution in [0, 0.1) is 0 Å². The third-order valence-corrected chi connectivity index (χ3v) is 4.01. The summed E-state index contributed by atoms with van der Waals surface area (Å²) in [6.45, 7) is 0. The van der Waals surface area contributed by atoms with Crippen molar-refractivity contribution < 1.29 is 4.79 Å². The van der Waals surface area contributed by atoms with Crippen LogP contribution in [0.3, 0.4) is 0 Å². The number of amides is 1. The number of rotatable bonds is 4. The monoisotopic (exact) mass is 303 g/mol. The highest BCUT2D eigenvalue weighted by Gasteiger charge is 2.26. The molecule has 1 fully saturated rings. The van der Waals surface area contributed by atoms with Gasteiger partial charge in [0.15, 0.2) is 0 Å². The number of aromatic nitrogens is 2. The molecule has 4 nitrogen and oxygen atoms in total. The fourth-order valence-corrected chi connectivity index (χ4v) is 2.72. The minimum Gasteiger partial charge on any atom is -0.349 e. The molecule has 0 saturated heterocycles. The summed E-state index contributed by atoms with van der Waals surface area (Å²) in [4.78, 5) is 12.6. The smallest absolute Gasteiger partial charge is 0.253 e. The van der Waals surface area contributed by atoms with Crippen LogP contribution in [0.15, 0.2) is 67.0 Å². The van der Waals surface area contributed by atoms with Crippen LogP contribution in [0.25, 0.3) is 16.8 Å². The van der Waals surface area contributed by atoms with Gasteiger partial charge in [-0.15, -0.1) is 0 Å². The highest BCUT2D eigenvalue weighted by molar-refractivity contribution is 6.00. The zero-order chi connectivity index (χ0) is 15.6. The van der Waals surface area contributed by atoms with E-state index in [2.05, 4.69) is 10.4 Å². The Morgan fingerprint density at radius 3 is 2.57 bits per heavy atom. The van der Waals surface area contributed by atoms with Crippen molar-refractivity contribution in [2.24, 2.45) is 0 Å². The summed E-state index contributed by atoms with van der Waals surface area (Å²) in [5.74, 6) is -0.0317. The topological polar surface area (TPSA) is 46.9 Å². The second-order valence-corrected chi connectivity index (χ2v) is 5.77. The summed E-state index contributed by atoms with van der Waals surface area (Å²) in [7, 11) is 0. The summed E-state index contributed by atoms with van der Waals surface area (Å²) >= 11 is 0. The Morgan fingerprint density at radius 1 is 1.04 bits per heavy atom. The second kappa shape index (κ2) is 5.72. The first-order chi connectivity index (χ1) is 11.3. The summed E-state index contributed by atoms with van der Waals surface area (Å²) in [5.41, 5.74) is 3.54. The van der Waals surface area contributed by atoms with E-state index in [1.807, 2.05) is 60.8 Å². The summed E-state index contributed by atoms with van der Waals surface area (Å²) in [6.07, 6.45) is 5.74. The Morgan fingerprint density at radius 2 is 1.87 bits per heavy atom. The third-order valence-electron chi connectivity index (χ3n) is 4.01. The Kier molecular flexibility index (Phi) is 3.42. The molecule has 114 valence electrons. The van der Waals surface area contributed by atoms with E-state index in [4.69, 9.17) is 0 Å². The SMILES string of the molecule is O=C(NC1CC1)c1cccc(-c2ccccc2)c1-n1cccn1. The number of carbonyl (C=O) groups is 1. The lowest BCUT2D eigenvalue weighted by Gasteiger charge is -2.15. The van der Waals surface area contributed by atoms with Crippen LogP contribution in [-0.4, -0.2) is 21.7 Å². The molecule has 2 aromatic carbocycles. The first-order valence-electron chi connectivity index (χ1n) is 7.82. The van der Waals surface area contributed by atoms with Crippen molar-refractivity contribution in [3.63, 3.8) is 0 Å². The molecular weight excluding hydrogens is 286 g/mol. The molecule has 0 unspecified atom stereocenters. The Labute approximate surface area is 134 Å².